The Bertz CT molecular complexity index is 505. The van der Waals surface area contributed by atoms with Crippen LogP contribution in [-0.4, -0.2) is 56.2 Å². The lowest BCUT2D eigenvalue weighted by Gasteiger charge is -2.30. The van der Waals surface area contributed by atoms with Crippen LogP contribution in [-0.2, 0) is 9.59 Å². The summed E-state index contributed by atoms with van der Waals surface area (Å²) in [5.41, 5.74) is 1.10. The van der Waals surface area contributed by atoms with E-state index in [-0.39, 0.29) is 24.9 Å². The van der Waals surface area contributed by atoms with E-state index in [1.807, 2.05) is 30.0 Å². The van der Waals surface area contributed by atoms with E-state index >= 15 is 0 Å². The van der Waals surface area contributed by atoms with Gasteiger partial charge in [0.1, 0.15) is 0 Å². The zero-order chi connectivity index (χ0) is 14.5. The molecule has 5 nitrogen and oxygen atoms in total. The van der Waals surface area contributed by atoms with Crippen molar-refractivity contribution < 1.29 is 9.59 Å². The van der Waals surface area contributed by atoms with Crippen LogP contribution in [0.2, 0.25) is 0 Å². The van der Waals surface area contributed by atoms with E-state index in [0.29, 0.717) is 0 Å². The molecule has 0 saturated carbocycles. The third-order valence-electron chi connectivity index (χ3n) is 3.09. The highest BCUT2D eigenvalue weighted by Crippen LogP contribution is 2.33. The standard InChI is InChI=1S/C14H19N3O2S/c1-16(2)14(19)9-15-13(18)10-17-7-8-20-12-6-4-3-5-11(12)17/h3-6H,7-10H2,1-2H3,(H,15,18). The van der Waals surface area contributed by atoms with Gasteiger partial charge in [0.2, 0.25) is 11.8 Å². The Morgan fingerprint density at radius 2 is 2.10 bits per heavy atom. The highest BCUT2D eigenvalue weighted by Gasteiger charge is 2.19. The minimum atomic E-state index is -0.123. The number of thioether (sulfide) groups is 1. The van der Waals surface area contributed by atoms with E-state index in [9.17, 15) is 9.59 Å². The molecular formula is C14H19N3O2S. The van der Waals surface area contributed by atoms with Gasteiger partial charge in [-0.3, -0.25) is 9.59 Å². The molecule has 0 bridgehead atoms. The summed E-state index contributed by atoms with van der Waals surface area (Å²) in [6.45, 7) is 1.19. The molecule has 0 aliphatic carbocycles. The number of fused-ring (bicyclic) bond motifs is 1. The largest absolute Gasteiger partial charge is 0.360 e. The molecule has 20 heavy (non-hydrogen) atoms. The number of carbonyl (C=O) groups is 2. The van der Waals surface area contributed by atoms with Crippen molar-refractivity contribution in [2.45, 2.75) is 4.90 Å². The van der Waals surface area contributed by atoms with Crippen LogP contribution in [0.5, 0.6) is 0 Å². The first kappa shape index (κ1) is 14.7. The van der Waals surface area contributed by atoms with E-state index in [4.69, 9.17) is 0 Å². The fraction of sp³-hybridized carbons (Fsp3) is 0.429. The third kappa shape index (κ3) is 3.66. The van der Waals surface area contributed by atoms with E-state index in [0.717, 1.165) is 18.0 Å². The monoisotopic (exact) mass is 293 g/mol. The van der Waals surface area contributed by atoms with Crippen molar-refractivity contribution in [1.82, 2.24) is 10.2 Å². The van der Waals surface area contributed by atoms with Crippen molar-refractivity contribution in [1.29, 1.82) is 0 Å². The van der Waals surface area contributed by atoms with E-state index in [2.05, 4.69) is 16.3 Å². The number of benzene rings is 1. The Kier molecular flexibility index (Phi) is 4.89. The molecule has 1 aromatic rings. The summed E-state index contributed by atoms with van der Waals surface area (Å²) in [5.74, 6) is 0.746. The molecule has 0 fully saturated rings. The van der Waals surface area contributed by atoms with Crippen LogP contribution in [0.15, 0.2) is 29.2 Å². The highest BCUT2D eigenvalue weighted by molar-refractivity contribution is 7.99. The van der Waals surface area contributed by atoms with Gasteiger partial charge in [0, 0.05) is 31.3 Å². The van der Waals surface area contributed by atoms with E-state index in [1.165, 1.54) is 9.80 Å². The van der Waals surface area contributed by atoms with Crippen LogP contribution >= 0.6 is 11.8 Å². The number of hydrogen-bond acceptors (Lipinski definition) is 4. The van der Waals surface area contributed by atoms with Gasteiger partial charge in [0.05, 0.1) is 18.8 Å². The zero-order valence-corrected chi connectivity index (χ0v) is 12.6. The van der Waals surface area contributed by atoms with Crippen LogP contribution in [0.1, 0.15) is 0 Å². The van der Waals surface area contributed by atoms with Crippen molar-refractivity contribution in [2.24, 2.45) is 0 Å². The number of nitrogens with one attached hydrogen (secondary N) is 1. The predicted molar refractivity (Wildman–Crippen MR) is 81.1 cm³/mol. The smallest absolute Gasteiger partial charge is 0.241 e. The molecule has 1 aromatic carbocycles. The number of para-hydroxylation sites is 1. The molecule has 6 heteroatoms. The summed E-state index contributed by atoms with van der Waals surface area (Å²) in [5, 5.41) is 2.66. The number of carbonyl (C=O) groups excluding carboxylic acids is 2. The lowest BCUT2D eigenvalue weighted by Crippen LogP contribution is -2.43. The van der Waals surface area contributed by atoms with Crippen LogP contribution in [0.25, 0.3) is 0 Å². The number of rotatable bonds is 4. The maximum Gasteiger partial charge on any atom is 0.241 e. The lowest BCUT2D eigenvalue weighted by atomic mass is 10.2. The van der Waals surface area contributed by atoms with Crippen molar-refractivity contribution in [2.75, 3.05) is 44.4 Å². The fourth-order valence-corrected chi connectivity index (χ4v) is 3.00. The van der Waals surface area contributed by atoms with Gasteiger partial charge < -0.3 is 15.1 Å². The van der Waals surface area contributed by atoms with E-state index in [1.54, 1.807) is 14.1 Å². The lowest BCUT2D eigenvalue weighted by molar-refractivity contribution is -0.130. The molecule has 0 atom stereocenters. The van der Waals surface area contributed by atoms with Crippen LogP contribution in [0, 0.1) is 0 Å². The number of nitrogens with zero attached hydrogens (tertiary/aromatic N) is 2. The normalized spacial score (nSPS) is 13.6. The minimum absolute atomic E-state index is 0.0517. The number of anilines is 1. The molecule has 0 unspecified atom stereocenters. The maximum atomic E-state index is 11.9. The zero-order valence-electron chi connectivity index (χ0n) is 11.8. The van der Waals surface area contributed by atoms with Gasteiger partial charge in [-0.05, 0) is 12.1 Å². The summed E-state index contributed by atoms with van der Waals surface area (Å²) in [6, 6.07) is 8.08. The molecule has 1 heterocycles. The fourth-order valence-electron chi connectivity index (χ4n) is 1.95. The molecule has 0 radical (unpaired) electrons. The van der Waals surface area contributed by atoms with Gasteiger partial charge in [-0.15, -0.1) is 11.8 Å². The molecule has 1 aliphatic rings. The molecule has 1 N–H and O–H groups in total. The molecule has 2 rings (SSSR count). The van der Waals surface area contributed by atoms with Gasteiger partial charge in [-0.1, -0.05) is 12.1 Å². The average Bonchev–Trinajstić information content (AvgIpc) is 2.45. The Hall–Kier alpha value is -1.69. The second-order valence-electron chi connectivity index (χ2n) is 4.80. The molecular weight excluding hydrogens is 274 g/mol. The Balaban J connectivity index is 1.91. The van der Waals surface area contributed by atoms with Crippen molar-refractivity contribution >= 4 is 29.3 Å². The number of likely N-dealkylation sites (N-methyl/N-ethyl adjacent to an activating group) is 1. The quantitative estimate of drug-likeness (QED) is 0.892. The maximum absolute atomic E-state index is 11.9. The van der Waals surface area contributed by atoms with E-state index < -0.39 is 0 Å². The Labute approximate surface area is 123 Å². The van der Waals surface area contributed by atoms with Gasteiger partial charge in [0.25, 0.3) is 0 Å². The first-order chi connectivity index (χ1) is 9.58. The van der Waals surface area contributed by atoms with Crippen LogP contribution < -0.4 is 10.2 Å². The summed E-state index contributed by atoms with van der Waals surface area (Å²) in [7, 11) is 3.35. The first-order valence-electron chi connectivity index (χ1n) is 6.51. The summed E-state index contributed by atoms with van der Waals surface area (Å²) in [4.78, 5) is 28.1. The van der Waals surface area contributed by atoms with Crippen molar-refractivity contribution in [3.63, 3.8) is 0 Å². The molecule has 1 aliphatic heterocycles. The third-order valence-corrected chi connectivity index (χ3v) is 4.14. The molecule has 2 amide bonds. The summed E-state index contributed by atoms with van der Waals surface area (Å²) in [6.07, 6.45) is 0. The second-order valence-corrected chi connectivity index (χ2v) is 5.94. The van der Waals surface area contributed by atoms with Gasteiger partial charge in [-0.2, -0.15) is 0 Å². The molecule has 0 saturated heterocycles. The topological polar surface area (TPSA) is 52.7 Å². The number of amides is 2. The van der Waals surface area contributed by atoms with Crippen molar-refractivity contribution in [3.8, 4) is 0 Å². The molecule has 108 valence electrons. The SMILES string of the molecule is CN(C)C(=O)CNC(=O)CN1CCSc2ccccc21. The highest BCUT2D eigenvalue weighted by atomic mass is 32.2. The Morgan fingerprint density at radius 1 is 1.35 bits per heavy atom. The number of hydrogen-bond donors (Lipinski definition) is 1. The van der Waals surface area contributed by atoms with Gasteiger partial charge in [-0.25, -0.2) is 0 Å². The van der Waals surface area contributed by atoms with Crippen LogP contribution in [0.3, 0.4) is 0 Å². The Morgan fingerprint density at radius 3 is 2.85 bits per heavy atom. The van der Waals surface area contributed by atoms with Crippen molar-refractivity contribution in [3.05, 3.63) is 24.3 Å². The average molecular weight is 293 g/mol. The predicted octanol–water partition coefficient (Wildman–Crippen LogP) is 0.803. The first-order valence-corrected chi connectivity index (χ1v) is 7.50. The summed E-state index contributed by atoms with van der Waals surface area (Å²) >= 11 is 1.81. The van der Waals surface area contributed by atoms with Gasteiger partial charge >= 0.3 is 0 Å². The summed E-state index contributed by atoms with van der Waals surface area (Å²) < 4.78 is 0. The molecule has 0 aromatic heterocycles. The molecule has 0 spiro atoms. The second kappa shape index (κ2) is 6.65. The van der Waals surface area contributed by atoms with Gasteiger partial charge in [0.15, 0.2) is 0 Å². The minimum Gasteiger partial charge on any atom is -0.360 e. The van der Waals surface area contributed by atoms with Crippen LogP contribution in [0.4, 0.5) is 5.69 Å².